The predicted octanol–water partition coefficient (Wildman–Crippen LogP) is 3.11. The van der Waals surface area contributed by atoms with Crippen LogP contribution in [0.5, 0.6) is 0 Å². The van der Waals surface area contributed by atoms with Crippen LogP contribution in [0.15, 0.2) is 59.8 Å². The highest BCUT2D eigenvalue weighted by Gasteiger charge is 2.54. The van der Waals surface area contributed by atoms with Crippen molar-refractivity contribution in [3.8, 4) is 0 Å². The minimum atomic E-state index is -1.61. The predicted molar refractivity (Wildman–Crippen MR) is 89.8 cm³/mol. The lowest BCUT2D eigenvalue weighted by atomic mass is 9.85. The van der Waals surface area contributed by atoms with Crippen LogP contribution in [-0.4, -0.2) is 29.5 Å². The van der Waals surface area contributed by atoms with Gasteiger partial charge in [-0.25, -0.2) is 4.79 Å². The molecule has 0 aliphatic carbocycles. The Hall–Kier alpha value is -2.37. The van der Waals surface area contributed by atoms with E-state index in [1.165, 1.54) is 7.11 Å². The zero-order chi connectivity index (χ0) is 17.2. The van der Waals surface area contributed by atoms with Gasteiger partial charge in [-0.1, -0.05) is 59.2 Å². The van der Waals surface area contributed by atoms with Gasteiger partial charge >= 0.3 is 5.97 Å². The molecule has 0 spiro atoms. The van der Waals surface area contributed by atoms with Crippen molar-refractivity contribution in [3.63, 3.8) is 0 Å². The summed E-state index contributed by atoms with van der Waals surface area (Å²) in [5.74, 6) is -0.674. The average molecular weight is 346 g/mol. The molecule has 1 N–H and O–H groups in total. The summed E-state index contributed by atoms with van der Waals surface area (Å²) >= 11 is 5.89. The van der Waals surface area contributed by atoms with Crippen molar-refractivity contribution in [2.24, 2.45) is 5.16 Å². The third kappa shape index (κ3) is 2.88. The number of aliphatic hydroxyl groups is 1. The second-order valence-corrected chi connectivity index (χ2v) is 5.94. The van der Waals surface area contributed by atoms with E-state index < -0.39 is 17.7 Å². The molecule has 1 aliphatic heterocycles. The monoisotopic (exact) mass is 345 g/mol. The summed E-state index contributed by atoms with van der Waals surface area (Å²) in [6, 6.07) is 15.8. The molecular weight excluding hydrogens is 330 g/mol. The fourth-order valence-corrected chi connectivity index (χ4v) is 2.82. The third-order valence-electron chi connectivity index (χ3n) is 4.01. The fourth-order valence-electron chi connectivity index (χ4n) is 2.69. The van der Waals surface area contributed by atoms with Crippen molar-refractivity contribution in [3.05, 3.63) is 70.7 Å². The van der Waals surface area contributed by atoms with Crippen molar-refractivity contribution < 1.29 is 19.5 Å². The fraction of sp³-hybridized carbons (Fsp3) is 0.222. The first-order valence-electron chi connectivity index (χ1n) is 7.39. The standard InChI is InChI=1S/C18H16ClNO4/c1-23-17(22)18(16(21)13-5-3-2-4-6-13)11-15(20-24-18)12-7-9-14(19)10-8-12/h2-10,16,21H,11H2,1H3/t16-,18+/m1/s1. The number of esters is 1. The highest BCUT2D eigenvalue weighted by Crippen LogP contribution is 2.39. The van der Waals surface area contributed by atoms with Crippen LogP contribution in [0.25, 0.3) is 0 Å². The first-order valence-corrected chi connectivity index (χ1v) is 7.77. The van der Waals surface area contributed by atoms with Crippen LogP contribution in [0.3, 0.4) is 0 Å². The molecule has 2 aromatic rings. The summed E-state index contributed by atoms with van der Waals surface area (Å²) < 4.78 is 4.87. The molecule has 6 heteroatoms. The highest BCUT2D eigenvalue weighted by atomic mass is 35.5. The molecule has 0 saturated heterocycles. The molecule has 0 amide bonds. The van der Waals surface area contributed by atoms with Crippen molar-refractivity contribution >= 4 is 23.3 Å². The number of nitrogens with zero attached hydrogens (tertiary/aromatic N) is 1. The number of methoxy groups -OCH3 is 1. The van der Waals surface area contributed by atoms with Gasteiger partial charge in [-0.05, 0) is 23.3 Å². The van der Waals surface area contributed by atoms with E-state index in [1.807, 2.05) is 6.07 Å². The Morgan fingerprint density at radius 2 is 1.92 bits per heavy atom. The van der Waals surface area contributed by atoms with Gasteiger partial charge in [0.1, 0.15) is 6.10 Å². The van der Waals surface area contributed by atoms with E-state index in [-0.39, 0.29) is 6.42 Å². The van der Waals surface area contributed by atoms with E-state index in [9.17, 15) is 9.90 Å². The van der Waals surface area contributed by atoms with E-state index in [2.05, 4.69) is 5.16 Å². The minimum Gasteiger partial charge on any atom is -0.466 e. The molecule has 0 saturated carbocycles. The van der Waals surface area contributed by atoms with E-state index in [0.717, 1.165) is 5.56 Å². The molecule has 124 valence electrons. The lowest BCUT2D eigenvalue weighted by molar-refractivity contribution is -0.182. The average Bonchev–Trinajstić information content (AvgIpc) is 3.08. The van der Waals surface area contributed by atoms with Crippen molar-refractivity contribution in [1.29, 1.82) is 0 Å². The summed E-state index contributed by atoms with van der Waals surface area (Å²) in [4.78, 5) is 17.8. The summed E-state index contributed by atoms with van der Waals surface area (Å²) in [6.07, 6.45) is -1.11. The summed E-state index contributed by atoms with van der Waals surface area (Å²) in [5, 5.41) is 15.4. The number of aliphatic hydroxyl groups excluding tert-OH is 1. The highest BCUT2D eigenvalue weighted by molar-refractivity contribution is 6.30. The molecule has 0 radical (unpaired) electrons. The molecule has 0 fully saturated rings. The van der Waals surface area contributed by atoms with Gasteiger partial charge < -0.3 is 14.7 Å². The van der Waals surface area contributed by atoms with Gasteiger partial charge in [0, 0.05) is 5.02 Å². The zero-order valence-corrected chi connectivity index (χ0v) is 13.7. The first-order chi connectivity index (χ1) is 11.6. The molecule has 0 bridgehead atoms. The summed E-state index contributed by atoms with van der Waals surface area (Å²) in [5.41, 5.74) is 0.262. The zero-order valence-electron chi connectivity index (χ0n) is 13.0. The van der Waals surface area contributed by atoms with E-state index in [1.54, 1.807) is 48.5 Å². The maximum Gasteiger partial charge on any atom is 0.356 e. The topological polar surface area (TPSA) is 68.1 Å². The van der Waals surface area contributed by atoms with Crippen LogP contribution < -0.4 is 0 Å². The maximum absolute atomic E-state index is 12.4. The number of ether oxygens (including phenoxy) is 1. The van der Waals surface area contributed by atoms with Gasteiger partial charge in [-0.15, -0.1) is 0 Å². The molecule has 1 heterocycles. The van der Waals surface area contributed by atoms with E-state index in [0.29, 0.717) is 16.3 Å². The van der Waals surface area contributed by atoms with Crippen LogP contribution in [0.4, 0.5) is 0 Å². The number of rotatable bonds is 4. The smallest absolute Gasteiger partial charge is 0.356 e. The van der Waals surface area contributed by atoms with Gasteiger partial charge in [-0.2, -0.15) is 0 Å². The van der Waals surface area contributed by atoms with Crippen LogP contribution in [0.2, 0.25) is 5.02 Å². The number of hydrogen-bond acceptors (Lipinski definition) is 5. The third-order valence-corrected chi connectivity index (χ3v) is 4.27. The number of carbonyl (C=O) groups excluding carboxylic acids is 1. The Morgan fingerprint density at radius 1 is 1.25 bits per heavy atom. The minimum absolute atomic E-state index is 0.0946. The molecule has 5 nitrogen and oxygen atoms in total. The summed E-state index contributed by atoms with van der Waals surface area (Å²) in [6.45, 7) is 0. The second-order valence-electron chi connectivity index (χ2n) is 5.51. The van der Waals surface area contributed by atoms with E-state index in [4.69, 9.17) is 21.2 Å². The number of benzene rings is 2. The Balaban J connectivity index is 1.93. The van der Waals surface area contributed by atoms with Crippen molar-refractivity contribution in [2.45, 2.75) is 18.1 Å². The molecular formula is C18H16ClNO4. The van der Waals surface area contributed by atoms with Gasteiger partial charge in [-0.3, -0.25) is 0 Å². The van der Waals surface area contributed by atoms with Gasteiger partial charge in [0.25, 0.3) is 5.60 Å². The van der Waals surface area contributed by atoms with Crippen LogP contribution in [-0.2, 0) is 14.4 Å². The lowest BCUT2D eigenvalue weighted by Gasteiger charge is -2.29. The molecule has 0 unspecified atom stereocenters. The van der Waals surface area contributed by atoms with Crippen LogP contribution in [0.1, 0.15) is 23.7 Å². The Labute approximate surface area is 144 Å². The molecule has 1 aliphatic rings. The molecule has 2 atom stereocenters. The molecule has 24 heavy (non-hydrogen) atoms. The second kappa shape index (κ2) is 6.63. The normalized spacial score (nSPS) is 20.9. The largest absolute Gasteiger partial charge is 0.466 e. The number of oxime groups is 1. The van der Waals surface area contributed by atoms with Gasteiger partial charge in [0.2, 0.25) is 0 Å². The maximum atomic E-state index is 12.4. The number of hydrogen-bond donors (Lipinski definition) is 1. The Kier molecular flexibility index (Phi) is 4.55. The summed E-state index contributed by atoms with van der Waals surface area (Å²) in [7, 11) is 1.26. The van der Waals surface area contributed by atoms with Crippen molar-refractivity contribution in [2.75, 3.05) is 7.11 Å². The Morgan fingerprint density at radius 3 is 2.54 bits per heavy atom. The molecule has 0 aromatic heterocycles. The van der Waals surface area contributed by atoms with Gasteiger partial charge in [0.15, 0.2) is 0 Å². The van der Waals surface area contributed by atoms with E-state index >= 15 is 0 Å². The first kappa shape index (κ1) is 16.5. The van der Waals surface area contributed by atoms with Crippen molar-refractivity contribution in [1.82, 2.24) is 0 Å². The molecule has 2 aromatic carbocycles. The molecule has 3 rings (SSSR count). The number of halogens is 1. The lowest BCUT2D eigenvalue weighted by Crippen LogP contribution is -2.45. The van der Waals surface area contributed by atoms with Crippen LogP contribution >= 0.6 is 11.6 Å². The quantitative estimate of drug-likeness (QED) is 0.864. The number of carbonyl (C=O) groups is 1. The Bertz CT molecular complexity index is 760. The SMILES string of the molecule is COC(=O)[C@@]1([C@H](O)c2ccccc2)CC(c2ccc(Cl)cc2)=NO1. The van der Waals surface area contributed by atoms with Gasteiger partial charge in [0.05, 0.1) is 19.2 Å². The van der Waals surface area contributed by atoms with Crippen LogP contribution in [0, 0.1) is 0 Å².